The first-order chi connectivity index (χ1) is 12.9. The lowest BCUT2D eigenvalue weighted by Gasteiger charge is -2.12. The predicted octanol–water partition coefficient (Wildman–Crippen LogP) is 1.95. The van der Waals surface area contributed by atoms with E-state index >= 15 is 0 Å². The molecule has 0 saturated carbocycles. The number of rotatable bonds is 7. The zero-order valence-electron chi connectivity index (χ0n) is 15.8. The molecule has 0 radical (unpaired) electrons. The average Bonchev–Trinajstić information content (AvgIpc) is 3.37. The third-order valence-corrected chi connectivity index (χ3v) is 5.70. The van der Waals surface area contributed by atoms with Gasteiger partial charge in [0.15, 0.2) is 5.78 Å². The SMILES string of the molecule is COC(=O)c1c(C)[nH]c(C(=O)[C@H](C)Sc2nnnn2C[C@H]2CCCO2)c1C. The summed E-state index contributed by atoms with van der Waals surface area (Å²) in [6, 6.07) is 0. The molecule has 0 amide bonds. The molecule has 2 aromatic heterocycles. The summed E-state index contributed by atoms with van der Waals surface area (Å²) >= 11 is 1.29. The number of aryl methyl sites for hydroxylation is 1. The van der Waals surface area contributed by atoms with Crippen LogP contribution in [0.15, 0.2) is 5.16 Å². The fourth-order valence-electron chi connectivity index (χ4n) is 3.20. The average molecular weight is 393 g/mol. The van der Waals surface area contributed by atoms with E-state index in [1.807, 2.05) is 0 Å². The topological polar surface area (TPSA) is 112 Å². The van der Waals surface area contributed by atoms with Crippen molar-refractivity contribution in [1.82, 2.24) is 25.2 Å². The van der Waals surface area contributed by atoms with Crippen molar-refractivity contribution in [3.05, 3.63) is 22.5 Å². The third-order valence-electron chi connectivity index (χ3n) is 4.62. The van der Waals surface area contributed by atoms with E-state index in [4.69, 9.17) is 9.47 Å². The number of hydrogen-bond acceptors (Lipinski definition) is 8. The monoisotopic (exact) mass is 393 g/mol. The number of esters is 1. The number of thioether (sulfide) groups is 1. The molecule has 1 saturated heterocycles. The van der Waals surface area contributed by atoms with Gasteiger partial charge in [-0.05, 0) is 49.6 Å². The minimum Gasteiger partial charge on any atom is -0.465 e. The van der Waals surface area contributed by atoms with Crippen LogP contribution in [0.1, 0.15) is 51.9 Å². The van der Waals surface area contributed by atoms with E-state index < -0.39 is 11.2 Å². The van der Waals surface area contributed by atoms with Crippen LogP contribution in [0.4, 0.5) is 0 Å². The van der Waals surface area contributed by atoms with E-state index in [0.717, 1.165) is 19.4 Å². The number of hydrogen-bond donors (Lipinski definition) is 1. The molecule has 0 unspecified atom stereocenters. The first-order valence-electron chi connectivity index (χ1n) is 8.78. The molecule has 3 heterocycles. The highest BCUT2D eigenvalue weighted by atomic mass is 32.2. The van der Waals surface area contributed by atoms with Gasteiger partial charge in [0.25, 0.3) is 0 Å². The molecule has 146 valence electrons. The molecule has 10 heteroatoms. The summed E-state index contributed by atoms with van der Waals surface area (Å²) in [5.41, 5.74) is 2.02. The van der Waals surface area contributed by atoms with Gasteiger partial charge in [0.2, 0.25) is 5.16 Å². The number of aromatic amines is 1. The Hall–Kier alpha value is -2.20. The van der Waals surface area contributed by atoms with Crippen molar-refractivity contribution in [2.75, 3.05) is 13.7 Å². The van der Waals surface area contributed by atoms with Gasteiger partial charge in [-0.3, -0.25) is 4.79 Å². The van der Waals surface area contributed by atoms with Crippen LogP contribution in [0.25, 0.3) is 0 Å². The molecule has 27 heavy (non-hydrogen) atoms. The molecular formula is C17H23N5O4S. The van der Waals surface area contributed by atoms with E-state index in [0.29, 0.717) is 34.2 Å². The fourth-order valence-corrected chi connectivity index (χ4v) is 4.05. The van der Waals surface area contributed by atoms with Crippen LogP contribution >= 0.6 is 11.8 Å². The zero-order valence-corrected chi connectivity index (χ0v) is 16.6. The first kappa shape index (κ1) is 19.6. The Balaban J connectivity index is 1.74. The molecule has 1 N–H and O–H groups in total. The van der Waals surface area contributed by atoms with Crippen molar-refractivity contribution in [3.8, 4) is 0 Å². The van der Waals surface area contributed by atoms with E-state index in [9.17, 15) is 9.59 Å². The number of carbonyl (C=O) groups is 2. The summed E-state index contributed by atoms with van der Waals surface area (Å²) in [6.07, 6.45) is 2.13. The normalized spacial score (nSPS) is 17.9. The number of methoxy groups -OCH3 is 1. The Labute approximate surface area is 161 Å². The Kier molecular flexibility index (Phi) is 5.95. The number of nitrogens with one attached hydrogen (secondary N) is 1. The number of H-pyrrole nitrogens is 1. The number of nitrogens with zero attached hydrogens (tertiary/aromatic N) is 4. The molecule has 2 aromatic rings. The summed E-state index contributed by atoms with van der Waals surface area (Å²) in [5, 5.41) is 11.9. The van der Waals surface area contributed by atoms with Crippen LogP contribution in [0, 0.1) is 13.8 Å². The molecule has 9 nitrogen and oxygen atoms in total. The highest BCUT2D eigenvalue weighted by molar-refractivity contribution is 8.00. The molecule has 0 bridgehead atoms. The van der Waals surface area contributed by atoms with Crippen molar-refractivity contribution < 1.29 is 19.1 Å². The van der Waals surface area contributed by atoms with Crippen LogP contribution in [-0.2, 0) is 16.0 Å². The lowest BCUT2D eigenvalue weighted by molar-refractivity contribution is 0.0599. The van der Waals surface area contributed by atoms with Crippen LogP contribution in [0.2, 0.25) is 0 Å². The Bertz CT molecular complexity index is 840. The highest BCUT2D eigenvalue weighted by Crippen LogP contribution is 2.27. The lowest BCUT2D eigenvalue weighted by atomic mass is 10.1. The molecule has 3 rings (SSSR count). The van der Waals surface area contributed by atoms with Gasteiger partial charge in [-0.15, -0.1) is 5.10 Å². The number of ketones is 1. The van der Waals surface area contributed by atoms with Gasteiger partial charge in [0.05, 0.1) is 36.3 Å². The van der Waals surface area contributed by atoms with E-state index in [1.54, 1.807) is 25.5 Å². The van der Waals surface area contributed by atoms with Crippen LogP contribution in [0.3, 0.4) is 0 Å². The summed E-state index contributed by atoms with van der Waals surface area (Å²) in [6.45, 7) is 6.62. The van der Waals surface area contributed by atoms with Crippen LogP contribution in [-0.4, -0.2) is 62.0 Å². The Morgan fingerprint density at radius 3 is 2.89 bits per heavy atom. The van der Waals surface area contributed by atoms with E-state index in [1.165, 1.54) is 18.9 Å². The predicted molar refractivity (Wildman–Crippen MR) is 98.0 cm³/mol. The van der Waals surface area contributed by atoms with E-state index in [2.05, 4.69) is 20.5 Å². The van der Waals surface area contributed by atoms with Gasteiger partial charge in [-0.25, -0.2) is 9.48 Å². The lowest BCUT2D eigenvalue weighted by Crippen LogP contribution is -2.19. The number of aromatic nitrogens is 5. The molecule has 0 spiro atoms. The standard InChI is InChI=1S/C17H23N5O4S/c1-9-13(16(24)25-4)10(2)18-14(9)15(23)11(3)27-17-19-20-21-22(17)8-12-6-5-7-26-12/h11-12,18H,5-8H2,1-4H3/t11-,12+/m0/s1. The maximum Gasteiger partial charge on any atom is 0.339 e. The van der Waals surface area contributed by atoms with Gasteiger partial charge < -0.3 is 14.5 Å². The Morgan fingerprint density at radius 1 is 1.44 bits per heavy atom. The van der Waals surface area contributed by atoms with E-state index in [-0.39, 0.29) is 11.9 Å². The minimum atomic E-state index is -0.457. The van der Waals surface area contributed by atoms with Crippen molar-refractivity contribution >= 4 is 23.5 Å². The zero-order chi connectivity index (χ0) is 19.6. The van der Waals surface area contributed by atoms with Gasteiger partial charge in [-0.2, -0.15) is 0 Å². The first-order valence-corrected chi connectivity index (χ1v) is 9.66. The fraction of sp³-hybridized carbons (Fsp3) is 0.588. The number of carbonyl (C=O) groups excluding carboxylic acids is 2. The Morgan fingerprint density at radius 2 is 2.22 bits per heavy atom. The van der Waals surface area contributed by atoms with Crippen LogP contribution in [0.5, 0.6) is 0 Å². The second-order valence-electron chi connectivity index (χ2n) is 6.52. The van der Waals surface area contributed by atoms with Crippen molar-refractivity contribution in [3.63, 3.8) is 0 Å². The number of ether oxygens (including phenoxy) is 2. The maximum atomic E-state index is 12.9. The molecule has 2 atom stereocenters. The molecule has 1 aliphatic heterocycles. The summed E-state index contributed by atoms with van der Waals surface area (Å²) in [4.78, 5) is 27.9. The molecule has 0 aliphatic carbocycles. The second-order valence-corrected chi connectivity index (χ2v) is 7.83. The molecule has 0 aromatic carbocycles. The quantitative estimate of drug-likeness (QED) is 0.431. The van der Waals surface area contributed by atoms with Gasteiger partial charge in [0, 0.05) is 12.3 Å². The van der Waals surface area contributed by atoms with Crippen molar-refractivity contribution in [2.24, 2.45) is 0 Å². The molecule has 1 aliphatic rings. The van der Waals surface area contributed by atoms with Gasteiger partial charge in [0.1, 0.15) is 0 Å². The number of Topliss-reactive ketones (excluding diaryl/α,β-unsaturated/α-hetero) is 1. The van der Waals surface area contributed by atoms with Gasteiger partial charge >= 0.3 is 5.97 Å². The highest BCUT2D eigenvalue weighted by Gasteiger charge is 2.27. The summed E-state index contributed by atoms with van der Waals surface area (Å²) in [7, 11) is 1.32. The molecular weight excluding hydrogens is 370 g/mol. The smallest absolute Gasteiger partial charge is 0.339 e. The van der Waals surface area contributed by atoms with Crippen LogP contribution < -0.4 is 0 Å². The van der Waals surface area contributed by atoms with Gasteiger partial charge in [-0.1, -0.05) is 11.8 Å². The third kappa shape index (κ3) is 4.06. The van der Waals surface area contributed by atoms with Crippen molar-refractivity contribution in [1.29, 1.82) is 0 Å². The minimum absolute atomic E-state index is 0.106. The second kappa shape index (κ2) is 8.22. The maximum absolute atomic E-state index is 12.9. The van der Waals surface area contributed by atoms with Crippen molar-refractivity contribution in [2.45, 2.75) is 56.7 Å². The summed E-state index contributed by atoms with van der Waals surface area (Å²) in [5.74, 6) is -0.580. The largest absolute Gasteiger partial charge is 0.465 e. The number of tetrazole rings is 1. The molecule has 1 fully saturated rings. The summed E-state index contributed by atoms with van der Waals surface area (Å²) < 4.78 is 12.1.